The highest BCUT2D eigenvalue weighted by Gasteiger charge is 2.28. The van der Waals surface area contributed by atoms with Crippen LogP contribution in [-0.4, -0.2) is 29.9 Å². The standard InChI is InChI=1S/C21H24FN3O2/c1-14-5-3-7-19(15(14)2)24-20(26)16-6-4-12-25(13-16)21(27)23-18-10-8-17(22)9-11-18/h3,5,7-11,16H,4,6,12-13H2,1-2H3,(H,23,27)(H,24,26)/t16-/m1/s1. The van der Waals surface area contributed by atoms with Gasteiger partial charge in [-0.1, -0.05) is 12.1 Å². The van der Waals surface area contributed by atoms with Crippen LogP contribution in [-0.2, 0) is 4.79 Å². The van der Waals surface area contributed by atoms with Crippen LogP contribution >= 0.6 is 0 Å². The predicted octanol–water partition coefficient (Wildman–Crippen LogP) is 4.33. The van der Waals surface area contributed by atoms with Gasteiger partial charge in [-0.25, -0.2) is 9.18 Å². The fraction of sp³-hybridized carbons (Fsp3) is 0.333. The second-order valence-corrected chi connectivity index (χ2v) is 6.96. The van der Waals surface area contributed by atoms with Gasteiger partial charge in [0.1, 0.15) is 5.82 Å². The second kappa shape index (κ2) is 8.20. The Balaban J connectivity index is 1.61. The number of amides is 3. The molecule has 2 aromatic carbocycles. The molecule has 0 aromatic heterocycles. The van der Waals surface area contributed by atoms with Gasteiger partial charge in [0.15, 0.2) is 0 Å². The summed E-state index contributed by atoms with van der Waals surface area (Å²) in [5, 5.41) is 5.75. The molecule has 0 spiro atoms. The Morgan fingerprint density at radius 1 is 1.07 bits per heavy atom. The monoisotopic (exact) mass is 369 g/mol. The van der Waals surface area contributed by atoms with E-state index >= 15 is 0 Å². The molecule has 3 rings (SSSR count). The second-order valence-electron chi connectivity index (χ2n) is 6.96. The van der Waals surface area contributed by atoms with Crippen molar-refractivity contribution in [3.05, 3.63) is 59.4 Å². The number of halogens is 1. The summed E-state index contributed by atoms with van der Waals surface area (Å²) in [5.74, 6) is -0.672. The first kappa shape index (κ1) is 18.9. The third-order valence-electron chi connectivity index (χ3n) is 5.04. The van der Waals surface area contributed by atoms with E-state index < -0.39 is 0 Å². The summed E-state index contributed by atoms with van der Waals surface area (Å²) < 4.78 is 13.0. The van der Waals surface area contributed by atoms with Gasteiger partial charge >= 0.3 is 6.03 Å². The van der Waals surface area contributed by atoms with Crippen molar-refractivity contribution in [1.82, 2.24) is 4.90 Å². The van der Waals surface area contributed by atoms with Crippen molar-refractivity contribution in [2.75, 3.05) is 23.7 Å². The number of anilines is 2. The Hall–Kier alpha value is -2.89. The summed E-state index contributed by atoms with van der Waals surface area (Å²) in [6.07, 6.45) is 1.51. The van der Waals surface area contributed by atoms with E-state index in [0.717, 1.165) is 29.7 Å². The molecule has 0 aliphatic carbocycles. The number of carbonyl (C=O) groups is 2. The molecule has 2 N–H and O–H groups in total. The van der Waals surface area contributed by atoms with E-state index in [1.54, 1.807) is 4.90 Å². The highest BCUT2D eigenvalue weighted by Crippen LogP contribution is 2.22. The first-order valence-electron chi connectivity index (χ1n) is 9.12. The fourth-order valence-electron chi connectivity index (χ4n) is 3.23. The average molecular weight is 369 g/mol. The van der Waals surface area contributed by atoms with Gasteiger partial charge in [-0.05, 0) is 68.1 Å². The maximum Gasteiger partial charge on any atom is 0.321 e. The summed E-state index contributed by atoms with van der Waals surface area (Å²) in [6.45, 7) is 4.95. The zero-order valence-electron chi connectivity index (χ0n) is 15.6. The molecule has 1 heterocycles. The molecule has 1 saturated heterocycles. The molecular formula is C21H24FN3O2. The summed E-state index contributed by atoms with van der Waals surface area (Å²) in [6, 6.07) is 11.2. The SMILES string of the molecule is Cc1cccc(NC(=O)[C@@H]2CCCN(C(=O)Nc3ccc(F)cc3)C2)c1C. The number of urea groups is 1. The van der Waals surface area contributed by atoms with E-state index in [-0.39, 0.29) is 23.7 Å². The fourth-order valence-corrected chi connectivity index (χ4v) is 3.23. The lowest BCUT2D eigenvalue weighted by molar-refractivity contribution is -0.121. The zero-order valence-corrected chi connectivity index (χ0v) is 15.6. The number of hydrogen-bond acceptors (Lipinski definition) is 2. The van der Waals surface area contributed by atoms with Gasteiger partial charge in [-0.2, -0.15) is 0 Å². The van der Waals surface area contributed by atoms with Gasteiger partial charge in [0.25, 0.3) is 0 Å². The smallest absolute Gasteiger partial charge is 0.321 e. The van der Waals surface area contributed by atoms with Crippen molar-refractivity contribution in [1.29, 1.82) is 0 Å². The number of nitrogens with zero attached hydrogens (tertiary/aromatic N) is 1. The van der Waals surface area contributed by atoms with E-state index in [2.05, 4.69) is 10.6 Å². The number of benzene rings is 2. The van der Waals surface area contributed by atoms with Gasteiger partial charge in [-0.15, -0.1) is 0 Å². The molecule has 1 aliphatic rings. The third kappa shape index (κ3) is 4.64. The highest BCUT2D eigenvalue weighted by atomic mass is 19.1. The van der Waals surface area contributed by atoms with Crippen LogP contribution in [0.4, 0.5) is 20.6 Å². The van der Waals surface area contributed by atoms with Crippen molar-refractivity contribution >= 4 is 23.3 Å². The van der Waals surface area contributed by atoms with Gasteiger partial charge in [-0.3, -0.25) is 4.79 Å². The van der Waals surface area contributed by atoms with E-state index in [1.807, 2.05) is 32.0 Å². The number of rotatable bonds is 3. The topological polar surface area (TPSA) is 61.4 Å². The maximum atomic E-state index is 13.0. The van der Waals surface area contributed by atoms with Crippen LogP contribution in [0, 0.1) is 25.6 Å². The van der Waals surface area contributed by atoms with Crippen molar-refractivity contribution in [3.63, 3.8) is 0 Å². The molecule has 6 heteroatoms. The maximum absolute atomic E-state index is 13.0. The lowest BCUT2D eigenvalue weighted by Crippen LogP contribution is -2.45. The van der Waals surface area contributed by atoms with Gasteiger partial charge < -0.3 is 15.5 Å². The van der Waals surface area contributed by atoms with Crippen LogP contribution in [0.5, 0.6) is 0 Å². The molecule has 1 aliphatic heterocycles. The minimum atomic E-state index is -0.353. The van der Waals surface area contributed by atoms with Crippen LogP contribution in [0.3, 0.4) is 0 Å². The van der Waals surface area contributed by atoms with Crippen molar-refractivity contribution < 1.29 is 14.0 Å². The highest BCUT2D eigenvalue weighted by molar-refractivity contribution is 5.94. The van der Waals surface area contributed by atoms with Crippen molar-refractivity contribution in [3.8, 4) is 0 Å². The molecule has 0 unspecified atom stereocenters. The predicted molar refractivity (Wildman–Crippen MR) is 104 cm³/mol. The number of carbonyl (C=O) groups excluding carboxylic acids is 2. The van der Waals surface area contributed by atoms with E-state index in [1.165, 1.54) is 24.3 Å². The molecule has 1 atom stereocenters. The Bertz CT molecular complexity index is 836. The van der Waals surface area contributed by atoms with Crippen LogP contribution in [0.1, 0.15) is 24.0 Å². The molecule has 0 radical (unpaired) electrons. The molecule has 2 aromatic rings. The number of likely N-dealkylation sites (tertiary alicyclic amines) is 1. The number of nitrogens with one attached hydrogen (secondary N) is 2. The van der Waals surface area contributed by atoms with E-state index in [4.69, 9.17) is 0 Å². The molecule has 1 fully saturated rings. The van der Waals surface area contributed by atoms with E-state index in [0.29, 0.717) is 18.8 Å². The summed E-state index contributed by atoms with van der Waals surface area (Å²) in [4.78, 5) is 26.8. The minimum absolute atomic E-state index is 0.0667. The van der Waals surface area contributed by atoms with E-state index in [9.17, 15) is 14.0 Å². The van der Waals surface area contributed by atoms with Crippen LogP contribution < -0.4 is 10.6 Å². The van der Waals surface area contributed by atoms with Crippen molar-refractivity contribution in [2.45, 2.75) is 26.7 Å². The molecule has 27 heavy (non-hydrogen) atoms. The van der Waals surface area contributed by atoms with Crippen LogP contribution in [0.2, 0.25) is 0 Å². The lowest BCUT2D eigenvalue weighted by atomic mass is 9.97. The number of aryl methyl sites for hydroxylation is 1. The quantitative estimate of drug-likeness (QED) is 0.846. The third-order valence-corrected chi connectivity index (χ3v) is 5.04. The molecular weight excluding hydrogens is 345 g/mol. The van der Waals surface area contributed by atoms with Gasteiger partial charge in [0.2, 0.25) is 5.91 Å². The minimum Gasteiger partial charge on any atom is -0.326 e. The molecule has 0 saturated carbocycles. The Morgan fingerprint density at radius 2 is 1.81 bits per heavy atom. The summed E-state index contributed by atoms with van der Waals surface area (Å²) in [7, 11) is 0. The number of piperidine rings is 1. The zero-order chi connectivity index (χ0) is 19.4. The molecule has 142 valence electrons. The van der Waals surface area contributed by atoms with Crippen molar-refractivity contribution in [2.24, 2.45) is 5.92 Å². The first-order chi connectivity index (χ1) is 12.9. The largest absolute Gasteiger partial charge is 0.326 e. The Morgan fingerprint density at radius 3 is 2.56 bits per heavy atom. The van der Waals surface area contributed by atoms with Crippen LogP contribution in [0.15, 0.2) is 42.5 Å². The molecule has 5 nitrogen and oxygen atoms in total. The van der Waals surface area contributed by atoms with Crippen LogP contribution in [0.25, 0.3) is 0 Å². The molecule has 3 amide bonds. The Labute approximate surface area is 158 Å². The first-order valence-corrected chi connectivity index (χ1v) is 9.12. The normalized spacial score (nSPS) is 16.7. The average Bonchev–Trinajstić information content (AvgIpc) is 2.67. The van der Waals surface area contributed by atoms with Gasteiger partial charge in [0.05, 0.1) is 5.92 Å². The van der Waals surface area contributed by atoms with Gasteiger partial charge in [0, 0.05) is 24.5 Å². The molecule has 0 bridgehead atoms. The summed E-state index contributed by atoms with van der Waals surface area (Å²) >= 11 is 0. The lowest BCUT2D eigenvalue weighted by Gasteiger charge is -2.32. The Kier molecular flexibility index (Phi) is 5.74. The summed E-state index contributed by atoms with van der Waals surface area (Å²) in [5.41, 5.74) is 3.51. The number of hydrogen-bond donors (Lipinski definition) is 2.